The number of nitrogens with two attached hydrogens (primary N) is 1. The average molecular weight is 375 g/mol. The quantitative estimate of drug-likeness (QED) is 0.624. The van der Waals surface area contributed by atoms with Crippen molar-refractivity contribution < 1.29 is 13.2 Å². The van der Waals surface area contributed by atoms with Crippen molar-refractivity contribution in [3.63, 3.8) is 0 Å². The number of anilines is 2. The lowest BCUT2D eigenvalue weighted by atomic mass is 10.1. The van der Waals surface area contributed by atoms with Crippen LogP contribution in [-0.4, -0.2) is 21.5 Å². The minimum atomic E-state index is -4.34. The summed E-state index contributed by atoms with van der Waals surface area (Å²) in [6.45, 7) is 2.83. The monoisotopic (exact) mass is 375 g/mol. The maximum atomic E-state index is 12.7. The Labute approximate surface area is 154 Å². The van der Waals surface area contributed by atoms with Gasteiger partial charge in [0.25, 0.3) is 0 Å². The van der Waals surface area contributed by atoms with E-state index in [1.165, 1.54) is 12.1 Å². The number of fused-ring (bicyclic) bond motifs is 1. The third-order valence-electron chi connectivity index (χ3n) is 4.11. The van der Waals surface area contributed by atoms with Crippen LogP contribution in [0.2, 0.25) is 0 Å². The molecule has 0 saturated carbocycles. The Balaban J connectivity index is 1.87. The van der Waals surface area contributed by atoms with E-state index in [0.717, 1.165) is 37.1 Å². The number of nitrogens with one attached hydrogen (secondary N) is 1. The lowest BCUT2D eigenvalue weighted by Gasteiger charge is -2.10. The van der Waals surface area contributed by atoms with Crippen molar-refractivity contribution in [1.82, 2.24) is 15.0 Å². The highest BCUT2D eigenvalue weighted by Crippen LogP contribution is 2.29. The highest BCUT2D eigenvalue weighted by atomic mass is 19.4. The first-order chi connectivity index (χ1) is 12.9. The standard InChI is InChI=1S/C19H20F3N5/c1-2-3-10-24-17-16-15(26-18(23)27-17)9-8-14(25-16)11-12-4-6-13(7-5-12)19(20,21)22/h4-9H,2-3,10-11H2,1H3,(H3,23,24,26,27). The number of hydrogen-bond donors (Lipinski definition) is 2. The SMILES string of the molecule is CCCCNc1nc(N)nc2ccc(Cc3ccc(C(F)(F)F)cc3)nc12. The summed E-state index contributed by atoms with van der Waals surface area (Å²) in [5.41, 5.74) is 7.78. The molecule has 3 aromatic rings. The third kappa shape index (κ3) is 4.64. The molecule has 8 heteroatoms. The van der Waals surface area contributed by atoms with Crippen molar-refractivity contribution in [2.75, 3.05) is 17.6 Å². The lowest BCUT2D eigenvalue weighted by molar-refractivity contribution is -0.137. The van der Waals surface area contributed by atoms with Crippen molar-refractivity contribution in [3.05, 3.63) is 53.2 Å². The zero-order valence-electron chi connectivity index (χ0n) is 14.8. The summed E-state index contributed by atoms with van der Waals surface area (Å²) in [7, 11) is 0. The third-order valence-corrected chi connectivity index (χ3v) is 4.11. The van der Waals surface area contributed by atoms with Gasteiger partial charge in [0.05, 0.1) is 11.1 Å². The van der Waals surface area contributed by atoms with Crippen LogP contribution in [0.15, 0.2) is 36.4 Å². The summed E-state index contributed by atoms with van der Waals surface area (Å²) in [5, 5.41) is 3.23. The molecule has 0 unspecified atom stereocenters. The highest BCUT2D eigenvalue weighted by molar-refractivity contribution is 5.86. The van der Waals surface area contributed by atoms with E-state index >= 15 is 0 Å². The zero-order chi connectivity index (χ0) is 19.4. The van der Waals surface area contributed by atoms with Gasteiger partial charge in [-0.3, -0.25) is 0 Å². The van der Waals surface area contributed by atoms with Gasteiger partial charge in [-0.1, -0.05) is 25.5 Å². The predicted molar refractivity (Wildman–Crippen MR) is 99.4 cm³/mol. The van der Waals surface area contributed by atoms with E-state index in [1.807, 2.05) is 0 Å². The van der Waals surface area contributed by atoms with Gasteiger partial charge >= 0.3 is 6.18 Å². The number of rotatable bonds is 6. The molecule has 0 aliphatic rings. The van der Waals surface area contributed by atoms with Gasteiger partial charge in [-0.05, 0) is 36.2 Å². The average Bonchev–Trinajstić information content (AvgIpc) is 2.62. The molecule has 3 N–H and O–H groups in total. The van der Waals surface area contributed by atoms with E-state index < -0.39 is 11.7 Å². The van der Waals surface area contributed by atoms with Gasteiger partial charge in [-0.25, -0.2) is 9.97 Å². The molecule has 5 nitrogen and oxygen atoms in total. The van der Waals surface area contributed by atoms with Crippen LogP contribution in [0, 0.1) is 0 Å². The van der Waals surface area contributed by atoms with Crippen LogP contribution in [0.25, 0.3) is 11.0 Å². The number of halogens is 3. The second-order valence-corrected chi connectivity index (χ2v) is 6.25. The van der Waals surface area contributed by atoms with Crippen molar-refractivity contribution in [2.24, 2.45) is 0 Å². The summed E-state index contributed by atoms with van der Waals surface area (Å²) in [6.07, 6.45) is -1.91. The summed E-state index contributed by atoms with van der Waals surface area (Å²) >= 11 is 0. The Kier molecular flexibility index (Phi) is 5.43. The van der Waals surface area contributed by atoms with Gasteiger partial charge in [0.2, 0.25) is 5.95 Å². The molecular weight excluding hydrogens is 355 g/mol. The van der Waals surface area contributed by atoms with Crippen LogP contribution >= 0.6 is 0 Å². The molecule has 0 bridgehead atoms. The van der Waals surface area contributed by atoms with Crippen LogP contribution in [0.4, 0.5) is 24.9 Å². The van der Waals surface area contributed by atoms with E-state index in [9.17, 15) is 13.2 Å². The maximum Gasteiger partial charge on any atom is 0.416 e. The molecule has 142 valence electrons. The second-order valence-electron chi connectivity index (χ2n) is 6.25. The van der Waals surface area contributed by atoms with E-state index in [0.29, 0.717) is 29.0 Å². The molecular formula is C19H20F3N5. The minimum absolute atomic E-state index is 0.166. The smallest absolute Gasteiger partial charge is 0.368 e. The molecule has 0 saturated heterocycles. The van der Waals surface area contributed by atoms with E-state index in [-0.39, 0.29) is 5.95 Å². The van der Waals surface area contributed by atoms with Gasteiger partial charge in [0, 0.05) is 18.7 Å². The van der Waals surface area contributed by atoms with Crippen LogP contribution in [0.1, 0.15) is 36.6 Å². The van der Waals surface area contributed by atoms with Crippen LogP contribution in [0.3, 0.4) is 0 Å². The fourth-order valence-electron chi connectivity index (χ4n) is 2.70. The van der Waals surface area contributed by atoms with E-state index in [4.69, 9.17) is 5.73 Å². The molecule has 3 rings (SSSR count). The Morgan fingerprint density at radius 1 is 1.00 bits per heavy atom. The lowest BCUT2D eigenvalue weighted by Crippen LogP contribution is -2.08. The van der Waals surface area contributed by atoms with Gasteiger partial charge < -0.3 is 11.1 Å². The zero-order valence-corrected chi connectivity index (χ0v) is 14.8. The van der Waals surface area contributed by atoms with Gasteiger partial charge in [-0.15, -0.1) is 0 Å². The molecule has 2 heterocycles. The molecule has 0 amide bonds. The number of aromatic nitrogens is 3. The molecule has 0 spiro atoms. The molecule has 0 radical (unpaired) electrons. The first kappa shape index (κ1) is 18.9. The number of pyridine rings is 1. The first-order valence-corrected chi connectivity index (χ1v) is 8.70. The fraction of sp³-hybridized carbons (Fsp3) is 0.316. The van der Waals surface area contributed by atoms with Crippen molar-refractivity contribution in [1.29, 1.82) is 0 Å². The minimum Gasteiger partial charge on any atom is -0.368 e. The Morgan fingerprint density at radius 2 is 1.74 bits per heavy atom. The summed E-state index contributed by atoms with van der Waals surface area (Å²) in [4.78, 5) is 13.0. The molecule has 0 aliphatic heterocycles. The summed E-state index contributed by atoms with van der Waals surface area (Å²) < 4.78 is 38.0. The first-order valence-electron chi connectivity index (χ1n) is 8.70. The van der Waals surface area contributed by atoms with Gasteiger partial charge in [0.15, 0.2) is 5.82 Å². The summed E-state index contributed by atoms with van der Waals surface area (Å²) in [5.74, 6) is 0.735. The fourth-order valence-corrected chi connectivity index (χ4v) is 2.70. The predicted octanol–water partition coefficient (Wildman–Crippen LogP) is 4.43. The van der Waals surface area contributed by atoms with Crippen LogP contribution in [-0.2, 0) is 12.6 Å². The number of unbranched alkanes of at least 4 members (excludes halogenated alkanes) is 1. The number of alkyl halides is 3. The number of hydrogen-bond acceptors (Lipinski definition) is 5. The Bertz CT molecular complexity index is 923. The maximum absolute atomic E-state index is 12.7. The van der Waals surface area contributed by atoms with Crippen molar-refractivity contribution in [2.45, 2.75) is 32.4 Å². The highest BCUT2D eigenvalue weighted by Gasteiger charge is 2.29. The number of benzene rings is 1. The summed E-state index contributed by atoms with van der Waals surface area (Å²) in [6, 6.07) is 8.69. The van der Waals surface area contributed by atoms with Gasteiger partial charge in [0.1, 0.15) is 5.52 Å². The number of nitrogens with zero attached hydrogens (tertiary/aromatic N) is 3. The van der Waals surface area contributed by atoms with E-state index in [2.05, 4.69) is 27.2 Å². The normalized spacial score (nSPS) is 11.7. The topological polar surface area (TPSA) is 76.7 Å². The van der Waals surface area contributed by atoms with Crippen LogP contribution in [0.5, 0.6) is 0 Å². The largest absolute Gasteiger partial charge is 0.416 e. The molecule has 0 atom stereocenters. The van der Waals surface area contributed by atoms with Gasteiger partial charge in [-0.2, -0.15) is 18.2 Å². The molecule has 2 aromatic heterocycles. The second kappa shape index (κ2) is 7.77. The molecule has 27 heavy (non-hydrogen) atoms. The Hall–Kier alpha value is -2.90. The molecule has 0 aliphatic carbocycles. The molecule has 0 fully saturated rings. The Morgan fingerprint density at radius 3 is 2.41 bits per heavy atom. The number of nitrogen functional groups attached to an aromatic ring is 1. The molecule has 1 aromatic carbocycles. The van der Waals surface area contributed by atoms with Crippen molar-refractivity contribution >= 4 is 22.8 Å². The van der Waals surface area contributed by atoms with Crippen molar-refractivity contribution in [3.8, 4) is 0 Å². The van der Waals surface area contributed by atoms with E-state index in [1.54, 1.807) is 12.1 Å². The van der Waals surface area contributed by atoms with Crippen LogP contribution < -0.4 is 11.1 Å².